The van der Waals surface area contributed by atoms with Crippen molar-refractivity contribution in [1.82, 2.24) is 0 Å². The molecule has 0 aliphatic carbocycles. The highest BCUT2D eigenvalue weighted by molar-refractivity contribution is 9.10. The van der Waals surface area contributed by atoms with Crippen molar-refractivity contribution in [2.75, 3.05) is 5.73 Å². The second kappa shape index (κ2) is 5.21. The fraction of sp³-hybridized carbons (Fsp3) is 0.143. The zero-order chi connectivity index (χ0) is 13.3. The van der Waals surface area contributed by atoms with Gasteiger partial charge in [0.15, 0.2) is 5.75 Å². The van der Waals surface area contributed by atoms with Gasteiger partial charge in [0, 0.05) is 4.47 Å². The van der Waals surface area contributed by atoms with Crippen molar-refractivity contribution in [3.05, 3.63) is 51.0 Å². The molecule has 2 rings (SSSR count). The SMILES string of the molecule is Cc1cc(Oc2cccc(Cl)c2N)cc(C)c1Br. The number of hydrogen-bond donors (Lipinski definition) is 1. The van der Waals surface area contributed by atoms with Gasteiger partial charge in [0.2, 0.25) is 0 Å². The zero-order valence-electron chi connectivity index (χ0n) is 10.1. The molecule has 2 nitrogen and oxygen atoms in total. The average Bonchev–Trinajstić information content (AvgIpc) is 2.32. The first-order valence-electron chi connectivity index (χ1n) is 5.47. The molecule has 0 saturated heterocycles. The first kappa shape index (κ1) is 13.2. The van der Waals surface area contributed by atoms with Crippen LogP contribution in [0.15, 0.2) is 34.8 Å². The van der Waals surface area contributed by atoms with E-state index in [1.165, 1.54) is 0 Å². The van der Waals surface area contributed by atoms with Gasteiger partial charge in [-0.15, -0.1) is 0 Å². The standard InChI is InChI=1S/C14H13BrClNO/c1-8-6-10(7-9(2)13(8)15)18-12-5-3-4-11(16)14(12)17/h3-7H,17H2,1-2H3. The zero-order valence-corrected chi connectivity index (χ0v) is 12.5. The lowest BCUT2D eigenvalue weighted by Crippen LogP contribution is -1.94. The Kier molecular flexibility index (Phi) is 3.83. The molecule has 0 spiro atoms. The van der Waals surface area contributed by atoms with E-state index in [1.54, 1.807) is 12.1 Å². The Morgan fingerprint density at radius 2 is 1.78 bits per heavy atom. The first-order chi connectivity index (χ1) is 8.49. The van der Waals surface area contributed by atoms with Crippen LogP contribution in [-0.4, -0.2) is 0 Å². The van der Waals surface area contributed by atoms with Gasteiger partial charge in [0.05, 0.1) is 10.7 Å². The van der Waals surface area contributed by atoms with Crippen LogP contribution in [0.3, 0.4) is 0 Å². The lowest BCUT2D eigenvalue weighted by Gasteiger charge is -2.12. The second-order valence-corrected chi connectivity index (χ2v) is 5.32. The fourth-order valence-electron chi connectivity index (χ4n) is 1.70. The van der Waals surface area contributed by atoms with E-state index in [1.807, 2.05) is 32.0 Å². The number of nitrogens with two attached hydrogens (primary N) is 1. The number of rotatable bonds is 2. The van der Waals surface area contributed by atoms with E-state index >= 15 is 0 Å². The van der Waals surface area contributed by atoms with Crippen LogP contribution >= 0.6 is 27.5 Å². The van der Waals surface area contributed by atoms with E-state index in [9.17, 15) is 0 Å². The van der Waals surface area contributed by atoms with Crippen LogP contribution in [0.5, 0.6) is 11.5 Å². The Hall–Kier alpha value is -1.19. The molecule has 0 unspecified atom stereocenters. The maximum absolute atomic E-state index is 5.96. The minimum absolute atomic E-state index is 0.456. The molecule has 4 heteroatoms. The van der Waals surface area contributed by atoms with E-state index in [2.05, 4.69) is 15.9 Å². The molecule has 0 bridgehead atoms. The van der Waals surface area contributed by atoms with Crippen LogP contribution in [0.2, 0.25) is 5.02 Å². The Morgan fingerprint density at radius 1 is 1.17 bits per heavy atom. The normalized spacial score (nSPS) is 10.4. The lowest BCUT2D eigenvalue weighted by atomic mass is 10.1. The third kappa shape index (κ3) is 2.62. The molecule has 0 heterocycles. The minimum atomic E-state index is 0.456. The number of ether oxygens (including phenoxy) is 1. The van der Waals surface area contributed by atoms with Gasteiger partial charge in [-0.25, -0.2) is 0 Å². The smallest absolute Gasteiger partial charge is 0.151 e. The molecule has 0 radical (unpaired) electrons. The summed E-state index contributed by atoms with van der Waals surface area (Å²) in [6.45, 7) is 4.04. The van der Waals surface area contributed by atoms with Crippen molar-refractivity contribution in [3.8, 4) is 11.5 Å². The fourth-order valence-corrected chi connectivity index (χ4v) is 2.09. The third-order valence-corrected chi connectivity index (χ3v) is 4.23. The lowest BCUT2D eigenvalue weighted by molar-refractivity contribution is 0.484. The maximum Gasteiger partial charge on any atom is 0.151 e. The Bertz CT molecular complexity index is 575. The summed E-state index contributed by atoms with van der Waals surface area (Å²) < 4.78 is 6.87. The summed E-state index contributed by atoms with van der Waals surface area (Å²) in [7, 11) is 0. The van der Waals surface area contributed by atoms with E-state index < -0.39 is 0 Å². The van der Waals surface area contributed by atoms with Gasteiger partial charge < -0.3 is 10.5 Å². The Labute approximate surface area is 120 Å². The van der Waals surface area contributed by atoms with Crippen molar-refractivity contribution in [2.45, 2.75) is 13.8 Å². The van der Waals surface area contributed by atoms with Gasteiger partial charge in [-0.05, 0) is 49.2 Å². The van der Waals surface area contributed by atoms with Gasteiger partial charge in [-0.1, -0.05) is 33.6 Å². The van der Waals surface area contributed by atoms with E-state index in [-0.39, 0.29) is 0 Å². The molecule has 18 heavy (non-hydrogen) atoms. The molecule has 94 valence electrons. The molecule has 0 atom stereocenters. The highest BCUT2D eigenvalue weighted by Crippen LogP contribution is 2.34. The van der Waals surface area contributed by atoms with Crippen LogP contribution in [0.25, 0.3) is 0 Å². The molecule has 0 aliphatic heterocycles. The number of para-hydroxylation sites is 1. The quantitative estimate of drug-likeness (QED) is 0.780. The van der Waals surface area contributed by atoms with Crippen LogP contribution in [0, 0.1) is 13.8 Å². The highest BCUT2D eigenvalue weighted by Gasteiger charge is 2.08. The van der Waals surface area contributed by atoms with Crippen molar-refractivity contribution in [3.63, 3.8) is 0 Å². The largest absolute Gasteiger partial charge is 0.455 e. The highest BCUT2D eigenvalue weighted by atomic mass is 79.9. The first-order valence-corrected chi connectivity index (χ1v) is 6.64. The predicted molar refractivity (Wildman–Crippen MR) is 79.6 cm³/mol. The Balaban J connectivity index is 2.37. The van der Waals surface area contributed by atoms with E-state index in [0.717, 1.165) is 21.3 Å². The second-order valence-electron chi connectivity index (χ2n) is 4.12. The monoisotopic (exact) mass is 325 g/mol. The van der Waals surface area contributed by atoms with Crippen molar-refractivity contribution in [1.29, 1.82) is 0 Å². The summed E-state index contributed by atoms with van der Waals surface area (Å²) in [5.41, 5.74) is 8.56. The number of anilines is 1. The molecule has 0 fully saturated rings. The van der Waals surface area contributed by atoms with E-state index in [0.29, 0.717) is 16.5 Å². The summed E-state index contributed by atoms with van der Waals surface area (Å²) in [6.07, 6.45) is 0. The third-order valence-electron chi connectivity index (χ3n) is 2.65. The molecule has 2 aromatic carbocycles. The molecule has 0 aliphatic rings. The predicted octanol–water partition coefficient (Wildman–Crippen LogP) is 5.09. The molecular weight excluding hydrogens is 314 g/mol. The van der Waals surface area contributed by atoms with Gasteiger partial charge in [0.25, 0.3) is 0 Å². The molecule has 0 amide bonds. The summed E-state index contributed by atoms with van der Waals surface area (Å²) in [5.74, 6) is 1.32. The van der Waals surface area contributed by atoms with E-state index in [4.69, 9.17) is 22.1 Å². The van der Waals surface area contributed by atoms with Crippen molar-refractivity contribution in [2.24, 2.45) is 0 Å². The van der Waals surface area contributed by atoms with Crippen LogP contribution in [0.1, 0.15) is 11.1 Å². The van der Waals surface area contributed by atoms with Gasteiger partial charge in [0.1, 0.15) is 5.75 Å². The number of nitrogen functional groups attached to an aromatic ring is 1. The van der Waals surface area contributed by atoms with Crippen LogP contribution in [0.4, 0.5) is 5.69 Å². The van der Waals surface area contributed by atoms with Crippen molar-refractivity contribution >= 4 is 33.2 Å². The van der Waals surface area contributed by atoms with Crippen LogP contribution < -0.4 is 10.5 Å². The number of hydrogen-bond acceptors (Lipinski definition) is 2. The Morgan fingerprint density at radius 3 is 2.39 bits per heavy atom. The summed E-state index contributed by atoms with van der Waals surface area (Å²) in [5, 5.41) is 0.498. The molecule has 0 saturated carbocycles. The molecular formula is C14H13BrClNO. The van der Waals surface area contributed by atoms with Gasteiger partial charge >= 0.3 is 0 Å². The number of aryl methyl sites for hydroxylation is 2. The summed E-state index contributed by atoms with van der Waals surface area (Å²) >= 11 is 9.48. The van der Waals surface area contributed by atoms with Crippen LogP contribution in [-0.2, 0) is 0 Å². The molecule has 2 N–H and O–H groups in total. The maximum atomic E-state index is 5.96. The summed E-state index contributed by atoms with van der Waals surface area (Å²) in [6, 6.07) is 9.26. The topological polar surface area (TPSA) is 35.2 Å². The van der Waals surface area contributed by atoms with Crippen molar-refractivity contribution < 1.29 is 4.74 Å². The molecule has 0 aromatic heterocycles. The summed E-state index contributed by atoms with van der Waals surface area (Å²) in [4.78, 5) is 0. The minimum Gasteiger partial charge on any atom is -0.455 e. The van der Waals surface area contributed by atoms with Gasteiger partial charge in [-0.2, -0.15) is 0 Å². The average molecular weight is 327 g/mol. The van der Waals surface area contributed by atoms with Gasteiger partial charge in [-0.3, -0.25) is 0 Å². The number of halogens is 2. The molecule has 2 aromatic rings. The number of benzene rings is 2.